The van der Waals surface area contributed by atoms with Crippen LogP contribution in [0.2, 0.25) is 0 Å². The molecule has 0 unspecified atom stereocenters. The molecular formula is C20H23N5O2. The van der Waals surface area contributed by atoms with Gasteiger partial charge in [-0.2, -0.15) is 10.1 Å². The first-order valence-electron chi connectivity index (χ1n) is 8.73. The van der Waals surface area contributed by atoms with E-state index in [0.717, 1.165) is 17.7 Å². The highest BCUT2D eigenvalue weighted by atomic mass is 16.5. The molecule has 3 aromatic rings. The fourth-order valence-electron chi connectivity index (χ4n) is 2.70. The molecule has 2 N–H and O–H groups in total. The molecule has 3 rings (SSSR count). The van der Waals surface area contributed by atoms with Crippen LogP contribution < -0.4 is 20.1 Å². The van der Waals surface area contributed by atoms with E-state index in [0.29, 0.717) is 29.8 Å². The summed E-state index contributed by atoms with van der Waals surface area (Å²) in [6.45, 7) is 2.69. The summed E-state index contributed by atoms with van der Waals surface area (Å²) in [5.41, 5.74) is 3.22. The molecule has 0 aliphatic carbocycles. The molecule has 2 aromatic carbocycles. The SMILES string of the molecule is CCc1ccccc1Nc1nncc(NCc2ccc(OC)c(OC)c2)n1. The smallest absolute Gasteiger partial charge is 0.249 e. The Morgan fingerprint density at radius 3 is 2.59 bits per heavy atom. The number of hydrogen-bond acceptors (Lipinski definition) is 7. The van der Waals surface area contributed by atoms with Crippen molar-refractivity contribution in [2.24, 2.45) is 0 Å². The van der Waals surface area contributed by atoms with Crippen molar-refractivity contribution in [3.8, 4) is 11.5 Å². The molecule has 1 heterocycles. The minimum atomic E-state index is 0.452. The predicted octanol–water partition coefficient (Wildman–Crippen LogP) is 3.81. The first-order chi connectivity index (χ1) is 13.2. The zero-order chi connectivity index (χ0) is 19.1. The van der Waals surface area contributed by atoms with E-state index in [2.05, 4.69) is 38.8 Å². The summed E-state index contributed by atoms with van der Waals surface area (Å²) >= 11 is 0. The molecule has 0 saturated heterocycles. The van der Waals surface area contributed by atoms with Crippen LogP contribution in [0.25, 0.3) is 0 Å². The number of para-hydroxylation sites is 1. The number of methoxy groups -OCH3 is 2. The van der Waals surface area contributed by atoms with E-state index >= 15 is 0 Å². The Bertz CT molecular complexity index is 901. The number of benzene rings is 2. The highest BCUT2D eigenvalue weighted by Crippen LogP contribution is 2.27. The molecular weight excluding hydrogens is 342 g/mol. The van der Waals surface area contributed by atoms with E-state index in [-0.39, 0.29) is 0 Å². The Balaban J connectivity index is 1.69. The first kappa shape index (κ1) is 18.4. The Kier molecular flexibility index (Phi) is 6.04. The highest BCUT2D eigenvalue weighted by molar-refractivity contribution is 5.59. The second-order valence-electron chi connectivity index (χ2n) is 5.84. The van der Waals surface area contributed by atoms with Gasteiger partial charge in [0.15, 0.2) is 17.3 Å². The number of rotatable bonds is 8. The van der Waals surface area contributed by atoms with Crippen molar-refractivity contribution in [2.45, 2.75) is 19.9 Å². The zero-order valence-electron chi connectivity index (χ0n) is 15.7. The van der Waals surface area contributed by atoms with Gasteiger partial charge in [-0.3, -0.25) is 0 Å². The van der Waals surface area contributed by atoms with Crippen LogP contribution in [0.15, 0.2) is 48.7 Å². The van der Waals surface area contributed by atoms with Crippen molar-refractivity contribution < 1.29 is 9.47 Å². The van der Waals surface area contributed by atoms with Crippen molar-refractivity contribution in [3.63, 3.8) is 0 Å². The molecule has 0 saturated carbocycles. The van der Waals surface area contributed by atoms with Gasteiger partial charge >= 0.3 is 0 Å². The number of nitrogens with zero attached hydrogens (tertiary/aromatic N) is 3. The van der Waals surface area contributed by atoms with Crippen LogP contribution in [0, 0.1) is 0 Å². The van der Waals surface area contributed by atoms with E-state index in [1.807, 2.05) is 36.4 Å². The summed E-state index contributed by atoms with van der Waals surface area (Å²) in [7, 11) is 3.24. The molecule has 0 radical (unpaired) electrons. The monoisotopic (exact) mass is 365 g/mol. The summed E-state index contributed by atoms with van der Waals surface area (Å²) in [4.78, 5) is 4.48. The fraction of sp³-hybridized carbons (Fsp3) is 0.250. The van der Waals surface area contributed by atoms with Crippen LogP contribution in [0.4, 0.5) is 17.5 Å². The average Bonchev–Trinajstić information content (AvgIpc) is 2.72. The lowest BCUT2D eigenvalue weighted by Crippen LogP contribution is -2.06. The van der Waals surface area contributed by atoms with Crippen molar-refractivity contribution in [2.75, 3.05) is 24.9 Å². The lowest BCUT2D eigenvalue weighted by Gasteiger charge is -2.12. The number of hydrogen-bond donors (Lipinski definition) is 2. The van der Waals surface area contributed by atoms with Gasteiger partial charge in [0, 0.05) is 12.2 Å². The van der Waals surface area contributed by atoms with Gasteiger partial charge in [0.25, 0.3) is 0 Å². The number of nitrogens with one attached hydrogen (secondary N) is 2. The summed E-state index contributed by atoms with van der Waals surface area (Å²) in [5, 5.41) is 14.6. The molecule has 0 atom stereocenters. The van der Waals surface area contributed by atoms with Crippen LogP contribution >= 0.6 is 0 Å². The summed E-state index contributed by atoms with van der Waals surface area (Å²) in [6.07, 6.45) is 2.52. The van der Waals surface area contributed by atoms with Crippen LogP contribution in [0.5, 0.6) is 11.5 Å². The van der Waals surface area contributed by atoms with Crippen molar-refractivity contribution in [1.82, 2.24) is 15.2 Å². The maximum absolute atomic E-state index is 5.34. The largest absolute Gasteiger partial charge is 0.493 e. The van der Waals surface area contributed by atoms with Crippen LogP contribution in [0.1, 0.15) is 18.1 Å². The van der Waals surface area contributed by atoms with E-state index in [1.165, 1.54) is 5.56 Å². The highest BCUT2D eigenvalue weighted by Gasteiger charge is 2.07. The maximum atomic E-state index is 5.34. The normalized spacial score (nSPS) is 10.3. The van der Waals surface area contributed by atoms with Gasteiger partial charge in [-0.15, -0.1) is 5.10 Å². The Morgan fingerprint density at radius 2 is 1.81 bits per heavy atom. The van der Waals surface area contributed by atoms with E-state index < -0.39 is 0 Å². The number of aryl methyl sites for hydroxylation is 1. The summed E-state index contributed by atoms with van der Waals surface area (Å²) in [6, 6.07) is 13.9. The Morgan fingerprint density at radius 1 is 1.00 bits per heavy atom. The van der Waals surface area contributed by atoms with Crippen molar-refractivity contribution >= 4 is 17.5 Å². The summed E-state index contributed by atoms with van der Waals surface area (Å²) in [5.74, 6) is 2.48. The minimum absolute atomic E-state index is 0.452. The van der Waals surface area contributed by atoms with E-state index in [4.69, 9.17) is 9.47 Å². The number of anilines is 3. The van der Waals surface area contributed by atoms with Gasteiger partial charge in [0.2, 0.25) is 5.95 Å². The molecule has 7 nitrogen and oxygen atoms in total. The molecule has 0 spiro atoms. The molecule has 0 bridgehead atoms. The number of ether oxygens (including phenoxy) is 2. The lowest BCUT2D eigenvalue weighted by atomic mass is 10.1. The lowest BCUT2D eigenvalue weighted by molar-refractivity contribution is 0.354. The molecule has 140 valence electrons. The van der Waals surface area contributed by atoms with Gasteiger partial charge in [-0.25, -0.2) is 0 Å². The molecule has 7 heteroatoms. The molecule has 0 amide bonds. The van der Waals surface area contributed by atoms with Crippen LogP contribution in [0.3, 0.4) is 0 Å². The predicted molar refractivity (Wildman–Crippen MR) is 106 cm³/mol. The van der Waals surface area contributed by atoms with E-state index in [9.17, 15) is 0 Å². The third-order valence-corrected chi connectivity index (χ3v) is 4.13. The third kappa shape index (κ3) is 4.63. The first-order valence-corrected chi connectivity index (χ1v) is 8.73. The minimum Gasteiger partial charge on any atom is -0.493 e. The van der Waals surface area contributed by atoms with Crippen molar-refractivity contribution in [3.05, 3.63) is 59.8 Å². The molecule has 0 aliphatic heterocycles. The quantitative estimate of drug-likeness (QED) is 0.628. The van der Waals surface area contributed by atoms with Crippen molar-refractivity contribution in [1.29, 1.82) is 0 Å². The second-order valence-corrected chi connectivity index (χ2v) is 5.84. The molecule has 27 heavy (non-hydrogen) atoms. The van der Waals surface area contributed by atoms with Crippen LogP contribution in [-0.4, -0.2) is 29.4 Å². The van der Waals surface area contributed by atoms with Crippen LogP contribution in [-0.2, 0) is 13.0 Å². The maximum Gasteiger partial charge on any atom is 0.249 e. The van der Waals surface area contributed by atoms with Gasteiger partial charge in [0.05, 0.1) is 20.4 Å². The zero-order valence-corrected chi connectivity index (χ0v) is 15.7. The Labute approximate surface area is 158 Å². The van der Waals surface area contributed by atoms with Gasteiger partial charge in [-0.1, -0.05) is 31.2 Å². The molecule has 0 aliphatic rings. The second kappa shape index (κ2) is 8.84. The third-order valence-electron chi connectivity index (χ3n) is 4.13. The summed E-state index contributed by atoms with van der Waals surface area (Å²) < 4.78 is 10.6. The van der Waals surface area contributed by atoms with Gasteiger partial charge in [0.1, 0.15) is 0 Å². The molecule has 1 aromatic heterocycles. The molecule has 0 fully saturated rings. The standard InChI is InChI=1S/C20H23N5O2/c1-4-15-7-5-6-8-16(15)23-20-24-19(13-22-25-20)21-12-14-9-10-17(26-2)18(11-14)27-3/h5-11,13H,4,12H2,1-3H3,(H2,21,23,24,25). The van der Waals surface area contributed by atoms with Gasteiger partial charge < -0.3 is 20.1 Å². The van der Waals surface area contributed by atoms with Gasteiger partial charge in [-0.05, 0) is 35.7 Å². The number of aromatic nitrogens is 3. The topological polar surface area (TPSA) is 81.2 Å². The van der Waals surface area contributed by atoms with E-state index in [1.54, 1.807) is 20.4 Å². The Hall–Kier alpha value is -3.35. The average molecular weight is 365 g/mol. The fourth-order valence-corrected chi connectivity index (χ4v) is 2.70.